The third-order valence-electron chi connectivity index (χ3n) is 5.35. The number of aliphatic imine (C=N–C) groups is 1. The largest absolute Gasteiger partial charge is 0.353 e. The Morgan fingerprint density at radius 2 is 1.62 bits per heavy atom. The lowest BCUT2D eigenvalue weighted by Gasteiger charge is -2.35. The van der Waals surface area contributed by atoms with Crippen molar-refractivity contribution in [3.63, 3.8) is 0 Å². The lowest BCUT2D eigenvalue weighted by Crippen LogP contribution is -2.39. The van der Waals surface area contributed by atoms with Gasteiger partial charge in [0.25, 0.3) is 0 Å². The topological polar surface area (TPSA) is 47.9 Å². The van der Waals surface area contributed by atoms with E-state index in [0.717, 1.165) is 19.3 Å². The molecule has 0 radical (unpaired) electrons. The molecule has 0 amide bonds. The molecule has 146 valence electrons. The van der Waals surface area contributed by atoms with Gasteiger partial charge in [-0.05, 0) is 43.9 Å². The van der Waals surface area contributed by atoms with Crippen molar-refractivity contribution in [3.05, 3.63) is 29.8 Å². The second kappa shape index (κ2) is 12.8. The molecule has 1 rings (SSSR count). The molecule has 0 aliphatic carbocycles. The number of hydrogen-bond donors (Lipinski definition) is 0. The van der Waals surface area contributed by atoms with E-state index >= 15 is 0 Å². The molecule has 4 nitrogen and oxygen atoms in total. The first kappa shape index (κ1) is 22.6. The molecule has 0 spiro atoms. The summed E-state index contributed by atoms with van der Waals surface area (Å²) in [4.78, 5) is 13.9. The highest BCUT2D eigenvalue weighted by atomic mass is 16.7. The van der Waals surface area contributed by atoms with E-state index in [4.69, 9.17) is 9.47 Å². The fraction of sp³-hybridized carbons (Fsp3) is 0.682. The van der Waals surface area contributed by atoms with Gasteiger partial charge in [0, 0.05) is 20.1 Å². The monoisotopic (exact) mass is 361 g/mol. The van der Waals surface area contributed by atoms with Crippen LogP contribution in [0.2, 0.25) is 0 Å². The molecule has 0 saturated carbocycles. The Bertz CT molecular complexity index is 531. The number of carbonyl (C=O) groups excluding carboxylic acids is 1. The van der Waals surface area contributed by atoms with Gasteiger partial charge < -0.3 is 9.47 Å². The fourth-order valence-corrected chi connectivity index (χ4v) is 3.39. The summed E-state index contributed by atoms with van der Waals surface area (Å²) in [7, 11) is 3.45. The van der Waals surface area contributed by atoms with Crippen molar-refractivity contribution in [2.75, 3.05) is 14.2 Å². The zero-order valence-corrected chi connectivity index (χ0v) is 16.9. The predicted molar refractivity (Wildman–Crippen MR) is 106 cm³/mol. The molecule has 0 aliphatic heterocycles. The van der Waals surface area contributed by atoms with Gasteiger partial charge >= 0.3 is 0 Å². The fourth-order valence-electron chi connectivity index (χ4n) is 3.39. The molecule has 0 aromatic heterocycles. The minimum Gasteiger partial charge on any atom is -0.353 e. The maximum absolute atomic E-state index is 10.3. The van der Waals surface area contributed by atoms with E-state index in [1.165, 1.54) is 44.1 Å². The molecule has 1 atom stereocenters. The van der Waals surface area contributed by atoms with Gasteiger partial charge in [-0.25, -0.2) is 4.79 Å². The van der Waals surface area contributed by atoms with Crippen LogP contribution in [-0.2, 0) is 20.7 Å². The van der Waals surface area contributed by atoms with Crippen molar-refractivity contribution < 1.29 is 14.3 Å². The lowest BCUT2D eigenvalue weighted by molar-refractivity contribution is -0.229. The summed E-state index contributed by atoms with van der Waals surface area (Å²) in [5.41, 5.74) is 1.88. The van der Waals surface area contributed by atoms with Crippen molar-refractivity contribution in [2.24, 2.45) is 10.9 Å². The lowest BCUT2D eigenvalue weighted by atomic mass is 9.87. The normalized spacial score (nSPS) is 12.6. The minimum absolute atomic E-state index is 0.344. The van der Waals surface area contributed by atoms with Crippen LogP contribution in [0.15, 0.2) is 29.3 Å². The summed E-state index contributed by atoms with van der Waals surface area (Å²) < 4.78 is 11.4. The second-order valence-electron chi connectivity index (χ2n) is 7.09. The first-order chi connectivity index (χ1) is 12.6. The van der Waals surface area contributed by atoms with E-state index in [1.54, 1.807) is 20.3 Å². The predicted octanol–water partition coefficient (Wildman–Crippen LogP) is 5.96. The highest BCUT2D eigenvalue weighted by Gasteiger charge is 2.33. The highest BCUT2D eigenvalue weighted by molar-refractivity contribution is 5.49. The number of aryl methyl sites for hydroxylation is 1. The number of hydrogen-bond acceptors (Lipinski definition) is 4. The Kier molecular flexibility index (Phi) is 11.1. The number of isocyanates is 1. The van der Waals surface area contributed by atoms with E-state index in [9.17, 15) is 4.79 Å². The van der Waals surface area contributed by atoms with Crippen LogP contribution >= 0.6 is 0 Å². The summed E-state index contributed by atoms with van der Waals surface area (Å²) in [5, 5.41) is 0. The van der Waals surface area contributed by atoms with E-state index in [-0.39, 0.29) is 0 Å². The van der Waals surface area contributed by atoms with Crippen LogP contribution in [0.3, 0.4) is 0 Å². The third kappa shape index (κ3) is 7.82. The standard InChI is InChI=1S/C22H35NO3/c1-5-6-7-8-9-10-11-20(22(2,25-3)26-4)15-12-19-13-16-21(17-14-19)23-18-24/h13-14,16-17,20H,5-12,15H2,1-4H3. The molecule has 0 fully saturated rings. The van der Waals surface area contributed by atoms with Gasteiger partial charge in [-0.15, -0.1) is 0 Å². The van der Waals surface area contributed by atoms with Gasteiger partial charge in [0.15, 0.2) is 5.79 Å². The Hall–Kier alpha value is -1.48. The van der Waals surface area contributed by atoms with Gasteiger partial charge in [-0.1, -0.05) is 57.6 Å². The molecule has 26 heavy (non-hydrogen) atoms. The number of rotatable bonds is 14. The molecule has 4 heteroatoms. The molecule has 1 unspecified atom stereocenters. The van der Waals surface area contributed by atoms with Crippen molar-refractivity contribution in [1.82, 2.24) is 0 Å². The van der Waals surface area contributed by atoms with Crippen LogP contribution in [0.4, 0.5) is 5.69 Å². The second-order valence-corrected chi connectivity index (χ2v) is 7.09. The first-order valence-corrected chi connectivity index (χ1v) is 9.86. The Labute approximate surface area is 159 Å². The van der Waals surface area contributed by atoms with E-state index in [1.807, 2.05) is 31.2 Å². The van der Waals surface area contributed by atoms with Crippen LogP contribution in [0, 0.1) is 5.92 Å². The van der Waals surface area contributed by atoms with Crippen LogP contribution < -0.4 is 0 Å². The zero-order valence-electron chi connectivity index (χ0n) is 16.9. The highest BCUT2D eigenvalue weighted by Crippen LogP contribution is 2.31. The molecule has 0 N–H and O–H groups in total. The number of methoxy groups -OCH3 is 2. The van der Waals surface area contributed by atoms with Crippen molar-refractivity contribution in [3.8, 4) is 0 Å². The number of unbranched alkanes of at least 4 members (excludes halogenated alkanes) is 5. The van der Waals surface area contributed by atoms with Crippen molar-refractivity contribution in [1.29, 1.82) is 0 Å². The molecule has 1 aromatic rings. The molecule has 0 bridgehead atoms. The van der Waals surface area contributed by atoms with E-state index in [2.05, 4.69) is 11.9 Å². The average Bonchev–Trinajstić information content (AvgIpc) is 2.67. The maximum Gasteiger partial charge on any atom is 0.240 e. The Morgan fingerprint density at radius 3 is 2.19 bits per heavy atom. The Balaban J connectivity index is 2.59. The quantitative estimate of drug-likeness (QED) is 0.178. The number of nitrogens with zero attached hydrogens (tertiary/aromatic N) is 1. The molecule has 0 heterocycles. The molecule has 0 aliphatic rings. The molecular formula is C22H35NO3. The van der Waals surface area contributed by atoms with Crippen LogP contribution in [0.5, 0.6) is 0 Å². The summed E-state index contributed by atoms with van der Waals surface area (Å²) in [6.45, 7) is 4.28. The summed E-state index contributed by atoms with van der Waals surface area (Å²) in [6, 6.07) is 7.76. The molecule has 1 aromatic carbocycles. The summed E-state index contributed by atoms with van der Waals surface area (Å²) in [5.74, 6) is -0.207. The van der Waals surface area contributed by atoms with Crippen LogP contribution in [-0.4, -0.2) is 26.1 Å². The smallest absolute Gasteiger partial charge is 0.240 e. The first-order valence-electron chi connectivity index (χ1n) is 9.86. The molecule has 0 saturated heterocycles. The van der Waals surface area contributed by atoms with E-state index < -0.39 is 5.79 Å². The summed E-state index contributed by atoms with van der Waals surface area (Å²) >= 11 is 0. The molecular weight excluding hydrogens is 326 g/mol. The van der Waals surface area contributed by atoms with Gasteiger partial charge in [0.2, 0.25) is 6.08 Å². The van der Waals surface area contributed by atoms with Crippen LogP contribution in [0.1, 0.15) is 70.8 Å². The van der Waals surface area contributed by atoms with Gasteiger partial charge in [0.1, 0.15) is 0 Å². The van der Waals surface area contributed by atoms with Crippen molar-refractivity contribution in [2.45, 2.75) is 77.4 Å². The average molecular weight is 362 g/mol. The number of ether oxygens (including phenoxy) is 2. The maximum atomic E-state index is 10.3. The van der Waals surface area contributed by atoms with E-state index in [0.29, 0.717) is 11.6 Å². The van der Waals surface area contributed by atoms with Crippen LogP contribution in [0.25, 0.3) is 0 Å². The Morgan fingerprint density at radius 1 is 1.00 bits per heavy atom. The summed E-state index contributed by atoms with van der Waals surface area (Å²) in [6.07, 6.45) is 12.4. The zero-order chi connectivity index (χ0) is 19.3. The van der Waals surface area contributed by atoms with Crippen molar-refractivity contribution >= 4 is 11.8 Å². The van der Waals surface area contributed by atoms with Gasteiger partial charge in [-0.3, -0.25) is 0 Å². The SMILES string of the molecule is CCCCCCCCC(CCc1ccc(N=C=O)cc1)C(C)(OC)OC. The number of benzene rings is 1. The third-order valence-corrected chi connectivity index (χ3v) is 5.35. The minimum atomic E-state index is -0.550. The van der Waals surface area contributed by atoms with Gasteiger partial charge in [0.05, 0.1) is 5.69 Å². The van der Waals surface area contributed by atoms with Gasteiger partial charge in [-0.2, -0.15) is 4.99 Å².